The number of nitrogens with zero attached hydrogens (tertiary/aromatic N) is 5. The summed E-state index contributed by atoms with van der Waals surface area (Å²) >= 11 is 4.48. The second kappa shape index (κ2) is 12.6. The van der Waals surface area contributed by atoms with Crippen molar-refractivity contribution in [2.24, 2.45) is 17.3 Å². The van der Waals surface area contributed by atoms with E-state index in [1.165, 1.54) is 9.58 Å². The van der Waals surface area contributed by atoms with E-state index in [-0.39, 0.29) is 28.7 Å². The molecule has 5 rings (SSSR count). The first-order valence-corrected chi connectivity index (χ1v) is 14.6. The van der Waals surface area contributed by atoms with Crippen LogP contribution >= 0.6 is 27.7 Å². The van der Waals surface area contributed by atoms with Crippen LogP contribution in [0.15, 0.2) is 98.3 Å². The van der Waals surface area contributed by atoms with Gasteiger partial charge in [-0.1, -0.05) is 45.9 Å². The molecule has 10 nitrogen and oxygen atoms in total. The van der Waals surface area contributed by atoms with Gasteiger partial charge in [-0.05, 0) is 73.2 Å². The number of methoxy groups -OCH3 is 1. The quantitative estimate of drug-likeness (QED) is 0.211. The van der Waals surface area contributed by atoms with E-state index >= 15 is 0 Å². The van der Waals surface area contributed by atoms with Crippen molar-refractivity contribution in [1.82, 2.24) is 9.36 Å². The van der Waals surface area contributed by atoms with Gasteiger partial charge in [0.2, 0.25) is 11.8 Å². The van der Waals surface area contributed by atoms with Crippen LogP contribution in [0, 0.1) is 6.92 Å². The predicted molar refractivity (Wildman–Crippen MR) is 170 cm³/mol. The van der Waals surface area contributed by atoms with E-state index in [1.54, 1.807) is 56.2 Å². The maximum absolute atomic E-state index is 13.8. The third-order valence-corrected chi connectivity index (χ3v) is 8.30. The lowest BCUT2D eigenvalue weighted by Crippen LogP contribution is -2.37. The minimum absolute atomic E-state index is 0.115. The van der Waals surface area contributed by atoms with Gasteiger partial charge in [0.25, 0.3) is 5.56 Å². The first-order chi connectivity index (χ1) is 20.3. The third kappa shape index (κ3) is 6.09. The molecule has 2 amide bonds. The van der Waals surface area contributed by atoms with Gasteiger partial charge in [0.05, 0.1) is 24.7 Å². The summed E-state index contributed by atoms with van der Waals surface area (Å²) in [5.41, 5.74) is 2.37. The summed E-state index contributed by atoms with van der Waals surface area (Å²) in [6.45, 7) is 1.76. The average Bonchev–Trinajstić information content (AvgIpc) is 3.40. The third-order valence-electron chi connectivity index (χ3n) is 6.65. The van der Waals surface area contributed by atoms with Crippen LogP contribution in [0.1, 0.15) is 17.7 Å². The van der Waals surface area contributed by atoms with Crippen LogP contribution in [0.5, 0.6) is 5.75 Å². The monoisotopic (exact) mass is 646 g/mol. The standard InChI is InChI=1S/C30H27BrN6O4S/c1-19-27(29(40)37(35(19)2)23-7-5-4-6-8-23)36-28(39)25(17-26(38)33-22-13-11-21(31)12-14-22)42-30(36)34-32-18-20-9-15-24(41-3)16-10-20/h4-16,18,25H,17H2,1-3H3,(H,33,38). The Bertz CT molecular complexity index is 1730. The van der Waals surface area contributed by atoms with E-state index in [2.05, 4.69) is 31.4 Å². The molecular formula is C30H27BrN6O4S. The Morgan fingerprint density at radius 1 is 1.05 bits per heavy atom. The van der Waals surface area contributed by atoms with Crippen LogP contribution in [-0.4, -0.2) is 44.9 Å². The van der Waals surface area contributed by atoms with Gasteiger partial charge < -0.3 is 10.1 Å². The molecule has 42 heavy (non-hydrogen) atoms. The highest BCUT2D eigenvalue weighted by molar-refractivity contribution is 9.10. The van der Waals surface area contributed by atoms with E-state index < -0.39 is 11.2 Å². The maximum atomic E-state index is 13.8. The predicted octanol–water partition coefficient (Wildman–Crippen LogP) is 5.12. The number of rotatable bonds is 8. The van der Waals surface area contributed by atoms with E-state index in [1.807, 2.05) is 54.6 Å². The van der Waals surface area contributed by atoms with Gasteiger partial charge in [-0.25, -0.2) is 9.58 Å². The van der Waals surface area contributed by atoms with Crippen molar-refractivity contribution in [3.8, 4) is 11.4 Å². The number of nitrogens with one attached hydrogen (secondary N) is 1. The van der Waals surface area contributed by atoms with E-state index in [0.29, 0.717) is 22.8 Å². The molecule has 1 atom stereocenters. The fourth-order valence-electron chi connectivity index (χ4n) is 4.43. The van der Waals surface area contributed by atoms with Crippen molar-refractivity contribution in [2.75, 3.05) is 17.3 Å². The molecule has 0 aliphatic carbocycles. The zero-order valence-electron chi connectivity index (χ0n) is 23.0. The summed E-state index contributed by atoms with van der Waals surface area (Å²) in [5.74, 6) is -0.0481. The molecule has 1 N–H and O–H groups in total. The molecule has 214 valence electrons. The zero-order chi connectivity index (χ0) is 29.8. The molecule has 4 aromatic rings. The summed E-state index contributed by atoms with van der Waals surface area (Å²) in [4.78, 5) is 41.8. The Balaban J connectivity index is 1.48. The second-order valence-corrected chi connectivity index (χ2v) is 11.4. The number of carbonyl (C=O) groups excluding carboxylic acids is 2. The van der Waals surface area contributed by atoms with E-state index in [0.717, 1.165) is 21.8 Å². The van der Waals surface area contributed by atoms with E-state index in [4.69, 9.17) is 4.74 Å². The van der Waals surface area contributed by atoms with Crippen molar-refractivity contribution < 1.29 is 14.3 Å². The molecule has 1 aliphatic rings. The van der Waals surface area contributed by atoms with Crippen LogP contribution in [0.25, 0.3) is 5.69 Å². The normalized spacial score (nSPS) is 16.0. The van der Waals surface area contributed by atoms with Gasteiger partial charge in [-0.15, -0.1) is 5.10 Å². The molecule has 0 bridgehead atoms. The maximum Gasteiger partial charge on any atom is 0.296 e. The summed E-state index contributed by atoms with van der Waals surface area (Å²) in [7, 11) is 3.34. The zero-order valence-corrected chi connectivity index (χ0v) is 25.4. The largest absolute Gasteiger partial charge is 0.497 e. The van der Waals surface area contributed by atoms with Gasteiger partial charge in [-0.3, -0.25) is 19.1 Å². The molecule has 0 spiro atoms. The molecule has 0 saturated carbocycles. The number of amides is 2. The highest BCUT2D eigenvalue weighted by Gasteiger charge is 2.43. The number of amidine groups is 1. The Morgan fingerprint density at radius 3 is 2.40 bits per heavy atom. The number of anilines is 2. The van der Waals surface area contributed by atoms with Gasteiger partial charge in [0.15, 0.2) is 5.17 Å². The summed E-state index contributed by atoms with van der Waals surface area (Å²) in [5, 5.41) is 10.8. The summed E-state index contributed by atoms with van der Waals surface area (Å²) in [6, 6.07) is 23.6. The molecule has 1 aliphatic heterocycles. The first-order valence-electron chi connectivity index (χ1n) is 12.9. The number of halogens is 1. The lowest BCUT2D eigenvalue weighted by atomic mass is 10.2. The number of hydrogen-bond donors (Lipinski definition) is 1. The van der Waals surface area contributed by atoms with Gasteiger partial charge in [0.1, 0.15) is 16.7 Å². The Kier molecular flexibility index (Phi) is 8.74. The highest BCUT2D eigenvalue weighted by atomic mass is 79.9. The fraction of sp³-hybridized carbons (Fsp3) is 0.167. The minimum atomic E-state index is -0.806. The molecule has 3 aromatic carbocycles. The highest BCUT2D eigenvalue weighted by Crippen LogP contribution is 2.34. The topological polar surface area (TPSA) is 110 Å². The number of aromatic nitrogens is 2. The lowest BCUT2D eigenvalue weighted by molar-refractivity contribution is -0.121. The molecular weight excluding hydrogens is 620 g/mol. The second-order valence-electron chi connectivity index (χ2n) is 9.35. The van der Waals surface area contributed by atoms with Crippen molar-refractivity contribution in [3.63, 3.8) is 0 Å². The lowest BCUT2D eigenvalue weighted by Gasteiger charge is -2.14. The number of thioether (sulfide) groups is 1. The SMILES string of the molecule is COc1ccc(C=NN=C2SC(CC(=O)Nc3ccc(Br)cc3)C(=O)N2c2c(C)n(C)n(-c3ccccc3)c2=O)cc1. The molecule has 0 radical (unpaired) electrons. The fourth-order valence-corrected chi connectivity index (χ4v) is 5.77. The molecule has 1 saturated heterocycles. The van der Waals surface area contributed by atoms with Crippen LogP contribution in [0.4, 0.5) is 11.4 Å². The van der Waals surface area contributed by atoms with Crippen LogP contribution < -0.4 is 20.5 Å². The van der Waals surface area contributed by atoms with Gasteiger partial charge in [-0.2, -0.15) is 5.10 Å². The smallest absolute Gasteiger partial charge is 0.296 e. The number of para-hydroxylation sites is 1. The van der Waals surface area contributed by atoms with Crippen molar-refractivity contribution in [3.05, 3.63) is 105 Å². The van der Waals surface area contributed by atoms with Gasteiger partial charge in [0, 0.05) is 23.6 Å². The number of ether oxygens (including phenoxy) is 1. The van der Waals surface area contributed by atoms with Gasteiger partial charge >= 0.3 is 0 Å². The summed E-state index contributed by atoms with van der Waals surface area (Å²) < 4.78 is 9.26. The number of benzene rings is 3. The molecule has 1 unspecified atom stereocenters. The number of carbonyl (C=O) groups is 2. The Labute approximate surface area is 254 Å². The van der Waals surface area contributed by atoms with Crippen molar-refractivity contribution in [2.45, 2.75) is 18.6 Å². The Morgan fingerprint density at radius 2 is 1.74 bits per heavy atom. The minimum Gasteiger partial charge on any atom is -0.497 e. The first kappa shape index (κ1) is 29.1. The number of hydrogen-bond acceptors (Lipinski definition) is 7. The van der Waals surface area contributed by atoms with Crippen molar-refractivity contribution >= 4 is 62.3 Å². The van der Waals surface area contributed by atoms with Crippen LogP contribution in [0.2, 0.25) is 0 Å². The molecule has 2 heterocycles. The molecule has 1 aromatic heterocycles. The van der Waals surface area contributed by atoms with Crippen LogP contribution in [0.3, 0.4) is 0 Å². The molecule has 1 fully saturated rings. The average molecular weight is 648 g/mol. The summed E-state index contributed by atoms with van der Waals surface area (Å²) in [6.07, 6.45) is 1.43. The Hall–Kier alpha value is -4.42. The van der Waals surface area contributed by atoms with Crippen LogP contribution in [-0.2, 0) is 16.6 Å². The van der Waals surface area contributed by atoms with E-state index in [9.17, 15) is 14.4 Å². The van der Waals surface area contributed by atoms with Crippen molar-refractivity contribution in [1.29, 1.82) is 0 Å². The molecule has 12 heteroatoms.